The summed E-state index contributed by atoms with van der Waals surface area (Å²) < 4.78 is 5.28. The van der Waals surface area contributed by atoms with Crippen molar-refractivity contribution in [3.05, 3.63) is 58.6 Å². The van der Waals surface area contributed by atoms with Gasteiger partial charge in [0.15, 0.2) is 0 Å². The van der Waals surface area contributed by atoms with Crippen molar-refractivity contribution in [1.29, 1.82) is 5.26 Å². The average Bonchev–Trinajstić information content (AvgIpc) is 2.46. The Hall–Kier alpha value is -2.18. The van der Waals surface area contributed by atoms with Gasteiger partial charge < -0.3 is 10.1 Å². The third kappa shape index (κ3) is 3.18. The predicted octanol–water partition coefficient (Wildman–Crippen LogP) is 3.83. The molecule has 0 fully saturated rings. The zero-order valence-corrected chi connectivity index (χ0v) is 11.2. The molecule has 3 nitrogen and oxygen atoms in total. The molecule has 2 aromatic rings. The number of para-hydroxylation sites is 1. The van der Waals surface area contributed by atoms with Gasteiger partial charge in [0, 0.05) is 17.1 Å². The van der Waals surface area contributed by atoms with Crippen LogP contribution in [0.1, 0.15) is 11.1 Å². The van der Waals surface area contributed by atoms with Crippen LogP contribution >= 0.6 is 11.6 Å². The first-order valence-corrected chi connectivity index (χ1v) is 6.18. The SMILES string of the molecule is COc1ccccc1CNc1ccc(Cl)cc1C#N. The lowest BCUT2D eigenvalue weighted by Gasteiger charge is -2.11. The lowest BCUT2D eigenvalue weighted by molar-refractivity contribution is 0.410. The average molecular weight is 273 g/mol. The first-order valence-electron chi connectivity index (χ1n) is 5.80. The molecule has 96 valence electrons. The first-order chi connectivity index (χ1) is 9.24. The molecule has 0 aromatic heterocycles. The Morgan fingerprint density at radius 1 is 1.26 bits per heavy atom. The lowest BCUT2D eigenvalue weighted by atomic mass is 10.1. The first kappa shape index (κ1) is 13.3. The summed E-state index contributed by atoms with van der Waals surface area (Å²) in [6, 6.07) is 15.1. The third-order valence-corrected chi connectivity index (χ3v) is 3.00. The Labute approximate surface area is 117 Å². The van der Waals surface area contributed by atoms with Crippen molar-refractivity contribution >= 4 is 17.3 Å². The molecule has 4 heteroatoms. The lowest BCUT2D eigenvalue weighted by Crippen LogP contribution is -2.03. The van der Waals surface area contributed by atoms with Crippen LogP contribution in [0.25, 0.3) is 0 Å². The molecule has 0 saturated carbocycles. The van der Waals surface area contributed by atoms with Crippen LogP contribution in [0.2, 0.25) is 5.02 Å². The maximum absolute atomic E-state index is 9.07. The number of nitrogens with one attached hydrogen (secondary N) is 1. The normalized spacial score (nSPS) is 9.74. The number of benzene rings is 2. The minimum absolute atomic E-state index is 0.530. The molecule has 0 bridgehead atoms. The summed E-state index contributed by atoms with van der Waals surface area (Å²) >= 11 is 5.86. The van der Waals surface area contributed by atoms with Crippen molar-refractivity contribution in [3.8, 4) is 11.8 Å². The van der Waals surface area contributed by atoms with E-state index in [-0.39, 0.29) is 0 Å². The number of hydrogen-bond acceptors (Lipinski definition) is 3. The summed E-state index contributed by atoms with van der Waals surface area (Å²) in [5.41, 5.74) is 2.32. The van der Waals surface area contributed by atoms with Crippen LogP contribution in [0.4, 0.5) is 5.69 Å². The zero-order chi connectivity index (χ0) is 13.7. The Kier molecular flexibility index (Phi) is 4.27. The Morgan fingerprint density at radius 3 is 2.79 bits per heavy atom. The van der Waals surface area contributed by atoms with Crippen molar-refractivity contribution in [2.24, 2.45) is 0 Å². The summed E-state index contributed by atoms with van der Waals surface area (Å²) in [6.07, 6.45) is 0. The van der Waals surface area contributed by atoms with E-state index in [1.54, 1.807) is 25.3 Å². The van der Waals surface area contributed by atoms with E-state index in [9.17, 15) is 0 Å². The van der Waals surface area contributed by atoms with E-state index < -0.39 is 0 Å². The Bertz CT molecular complexity index is 620. The van der Waals surface area contributed by atoms with Crippen LogP contribution in [0.15, 0.2) is 42.5 Å². The standard InChI is InChI=1S/C15H13ClN2O/c1-19-15-5-3-2-4-11(15)10-18-14-7-6-13(16)8-12(14)9-17/h2-8,18H,10H2,1H3. The van der Waals surface area contributed by atoms with Crippen LogP contribution in [-0.2, 0) is 6.54 Å². The number of ether oxygens (including phenoxy) is 1. The van der Waals surface area contributed by atoms with E-state index >= 15 is 0 Å². The molecule has 0 amide bonds. The second-order valence-corrected chi connectivity index (χ2v) is 4.40. The number of nitriles is 1. The van der Waals surface area contributed by atoms with Gasteiger partial charge in [-0.25, -0.2) is 0 Å². The smallest absolute Gasteiger partial charge is 0.123 e. The van der Waals surface area contributed by atoms with Crippen LogP contribution in [0, 0.1) is 11.3 Å². The molecular formula is C15H13ClN2O. The van der Waals surface area contributed by atoms with Crippen molar-refractivity contribution in [2.45, 2.75) is 6.54 Å². The van der Waals surface area contributed by atoms with Crippen LogP contribution in [0.3, 0.4) is 0 Å². The molecule has 0 saturated heterocycles. The molecule has 19 heavy (non-hydrogen) atoms. The van der Waals surface area contributed by atoms with Crippen molar-refractivity contribution in [3.63, 3.8) is 0 Å². The molecule has 0 aliphatic carbocycles. The van der Waals surface area contributed by atoms with Crippen LogP contribution in [-0.4, -0.2) is 7.11 Å². The van der Waals surface area contributed by atoms with Crippen molar-refractivity contribution in [1.82, 2.24) is 0 Å². The van der Waals surface area contributed by atoms with E-state index in [4.69, 9.17) is 21.6 Å². The quantitative estimate of drug-likeness (QED) is 0.920. The Balaban J connectivity index is 2.17. The number of hydrogen-bond donors (Lipinski definition) is 1. The van der Waals surface area contributed by atoms with Gasteiger partial charge >= 0.3 is 0 Å². The minimum Gasteiger partial charge on any atom is -0.496 e. The van der Waals surface area contributed by atoms with E-state index in [1.165, 1.54) is 0 Å². The second-order valence-electron chi connectivity index (χ2n) is 3.97. The van der Waals surface area contributed by atoms with Crippen molar-refractivity contribution < 1.29 is 4.74 Å². The maximum atomic E-state index is 9.07. The number of halogens is 1. The number of nitrogens with zero attached hydrogens (tertiary/aromatic N) is 1. The number of anilines is 1. The largest absolute Gasteiger partial charge is 0.496 e. The van der Waals surface area contributed by atoms with Gasteiger partial charge in [0.2, 0.25) is 0 Å². The van der Waals surface area contributed by atoms with Gasteiger partial charge in [0.25, 0.3) is 0 Å². The molecule has 0 radical (unpaired) electrons. The molecule has 2 aromatic carbocycles. The van der Waals surface area contributed by atoms with Gasteiger partial charge in [0.05, 0.1) is 18.4 Å². The zero-order valence-electron chi connectivity index (χ0n) is 10.5. The molecule has 0 aliphatic heterocycles. The highest BCUT2D eigenvalue weighted by molar-refractivity contribution is 6.30. The summed E-state index contributed by atoms with van der Waals surface area (Å²) in [7, 11) is 1.64. The summed E-state index contributed by atoms with van der Waals surface area (Å²) in [5, 5.41) is 12.8. The van der Waals surface area contributed by atoms with Crippen LogP contribution in [0.5, 0.6) is 5.75 Å². The monoisotopic (exact) mass is 272 g/mol. The second kappa shape index (κ2) is 6.12. The maximum Gasteiger partial charge on any atom is 0.123 e. The Morgan fingerprint density at radius 2 is 2.05 bits per heavy atom. The summed E-state index contributed by atoms with van der Waals surface area (Å²) in [6.45, 7) is 0.584. The molecule has 0 unspecified atom stereocenters. The molecule has 0 heterocycles. The number of rotatable bonds is 4. The highest BCUT2D eigenvalue weighted by Crippen LogP contribution is 2.22. The van der Waals surface area contributed by atoms with Gasteiger partial charge in [-0.2, -0.15) is 5.26 Å². The van der Waals surface area contributed by atoms with Crippen molar-refractivity contribution in [2.75, 3.05) is 12.4 Å². The van der Waals surface area contributed by atoms with E-state index in [2.05, 4.69) is 11.4 Å². The molecular weight excluding hydrogens is 260 g/mol. The summed E-state index contributed by atoms with van der Waals surface area (Å²) in [5.74, 6) is 0.822. The van der Waals surface area contributed by atoms with E-state index in [0.29, 0.717) is 17.1 Å². The summed E-state index contributed by atoms with van der Waals surface area (Å²) in [4.78, 5) is 0. The van der Waals surface area contributed by atoms with Gasteiger partial charge in [-0.15, -0.1) is 0 Å². The minimum atomic E-state index is 0.530. The van der Waals surface area contributed by atoms with Crippen LogP contribution < -0.4 is 10.1 Å². The van der Waals surface area contributed by atoms with Gasteiger partial charge in [0.1, 0.15) is 11.8 Å². The highest BCUT2D eigenvalue weighted by Gasteiger charge is 2.05. The highest BCUT2D eigenvalue weighted by atomic mass is 35.5. The fourth-order valence-corrected chi connectivity index (χ4v) is 1.97. The third-order valence-electron chi connectivity index (χ3n) is 2.76. The van der Waals surface area contributed by atoms with Gasteiger partial charge in [-0.05, 0) is 24.3 Å². The predicted molar refractivity (Wildman–Crippen MR) is 76.5 cm³/mol. The molecule has 0 spiro atoms. The van der Waals surface area contributed by atoms with Gasteiger partial charge in [-0.3, -0.25) is 0 Å². The van der Waals surface area contributed by atoms with E-state index in [0.717, 1.165) is 17.0 Å². The molecule has 1 N–H and O–H groups in total. The number of methoxy groups -OCH3 is 1. The van der Waals surface area contributed by atoms with Gasteiger partial charge in [-0.1, -0.05) is 29.8 Å². The topological polar surface area (TPSA) is 45.0 Å². The molecule has 0 atom stereocenters. The fraction of sp³-hybridized carbons (Fsp3) is 0.133. The molecule has 2 rings (SSSR count). The fourth-order valence-electron chi connectivity index (χ4n) is 1.80. The molecule has 0 aliphatic rings. The van der Waals surface area contributed by atoms with E-state index in [1.807, 2.05) is 24.3 Å².